The number of carbonyl (C=O) groups is 1. The second-order valence-corrected chi connectivity index (χ2v) is 7.37. The van der Waals surface area contributed by atoms with Crippen LogP contribution in [0.2, 0.25) is 5.15 Å². The van der Waals surface area contributed by atoms with Crippen LogP contribution >= 0.6 is 11.6 Å². The summed E-state index contributed by atoms with van der Waals surface area (Å²) in [5.74, 6) is 0.292. The van der Waals surface area contributed by atoms with Gasteiger partial charge in [0.05, 0.1) is 17.1 Å². The van der Waals surface area contributed by atoms with E-state index in [1.54, 1.807) is 12.3 Å². The minimum absolute atomic E-state index is 0.0402. The number of nitrogens with zero attached hydrogens (tertiary/aromatic N) is 2. The van der Waals surface area contributed by atoms with E-state index in [0.717, 1.165) is 11.3 Å². The highest BCUT2D eigenvalue weighted by molar-refractivity contribution is 6.29. The third-order valence-corrected chi connectivity index (χ3v) is 4.07. The molecule has 2 atom stereocenters. The minimum atomic E-state index is -0.562. The third-order valence-electron chi connectivity index (χ3n) is 3.86. The van der Waals surface area contributed by atoms with Gasteiger partial charge < -0.3 is 4.74 Å². The van der Waals surface area contributed by atoms with Gasteiger partial charge in [0.25, 0.3) is 0 Å². The van der Waals surface area contributed by atoms with Gasteiger partial charge in [0.1, 0.15) is 10.8 Å². The molecule has 0 spiro atoms. The van der Waals surface area contributed by atoms with Crippen molar-refractivity contribution in [1.82, 2.24) is 10.3 Å². The van der Waals surface area contributed by atoms with Crippen molar-refractivity contribution < 1.29 is 9.53 Å². The van der Waals surface area contributed by atoms with E-state index < -0.39 is 11.7 Å². The number of halogens is 1. The summed E-state index contributed by atoms with van der Waals surface area (Å²) in [7, 11) is 0. The van der Waals surface area contributed by atoms with Gasteiger partial charge in [-0.1, -0.05) is 30.7 Å². The first-order valence-corrected chi connectivity index (χ1v) is 8.26. The van der Waals surface area contributed by atoms with E-state index in [4.69, 9.17) is 16.3 Å². The Balaban J connectivity index is 1.99. The zero-order chi connectivity index (χ0) is 17.5. The lowest BCUT2D eigenvalue weighted by Crippen LogP contribution is -2.35. The van der Waals surface area contributed by atoms with Gasteiger partial charge in [-0.15, -0.1) is 0 Å². The highest BCUT2D eigenvalue weighted by Crippen LogP contribution is 2.34. The summed E-state index contributed by atoms with van der Waals surface area (Å²) in [6.45, 7) is 7.59. The minimum Gasteiger partial charge on any atom is -0.444 e. The molecule has 0 saturated heterocycles. The third kappa shape index (κ3) is 3.36. The Kier molecular flexibility index (Phi) is 4.22. The molecule has 1 amide bonds. The number of nitrogens with one attached hydrogen (secondary N) is 1. The maximum atomic E-state index is 12.2. The van der Waals surface area contributed by atoms with Crippen molar-refractivity contribution >= 4 is 29.1 Å². The van der Waals surface area contributed by atoms with Crippen molar-refractivity contribution in [3.8, 4) is 0 Å². The second-order valence-electron chi connectivity index (χ2n) is 6.98. The number of fused-ring (bicyclic) bond motifs is 3. The number of amides is 1. The van der Waals surface area contributed by atoms with E-state index in [1.165, 1.54) is 0 Å². The quantitative estimate of drug-likeness (QED) is 0.776. The van der Waals surface area contributed by atoms with Crippen molar-refractivity contribution in [2.75, 3.05) is 0 Å². The van der Waals surface area contributed by atoms with Gasteiger partial charge in [-0.25, -0.2) is 9.78 Å². The lowest BCUT2D eigenvalue weighted by molar-refractivity contribution is 0.0558. The van der Waals surface area contributed by atoms with Crippen LogP contribution in [0.3, 0.4) is 0 Å². The van der Waals surface area contributed by atoms with E-state index in [9.17, 15) is 4.79 Å². The fraction of sp³-hybridized carbons (Fsp3) is 0.389. The lowest BCUT2D eigenvalue weighted by Gasteiger charge is -2.30. The Labute approximate surface area is 146 Å². The van der Waals surface area contributed by atoms with Gasteiger partial charge in [0.15, 0.2) is 0 Å². The zero-order valence-corrected chi connectivity index (χ0v) is 14.9. The fourth-order valence-electron chi connectivity index (χ4n) is 2.80. The number of carbonyl (C=O) groups excluding carboxylic acids is 1. The molecule has 1 aromatic heterocycles. The molecule has 2 unspecified atom stereocenters. The molecule has 1 aliphatic heterocycles. The number of pyridine rings is 1. The standard InChI is InChI=1S/C18H20ClN3O2/c1-10-7-8-20-15-12(10)9-13(21-17(23)24-18(2,3)4)11-5-6-14(19)22-16(11)15/h5-10,12H,1-4H3,(H,21,23). The predicted octanol–water partition coefficient (Wildman–Crippen LogP) is 4.18. The van der Waals surface area contributed by atoms with E-state index in [-0.39, 0.29) is 11.8 Å². The van der Waals surface area contributed by atoms with Gasteiger partial charge in [-0.3, -0.25) is 10.3 Å². The van der Waals surface area contributed by atoms with Crippen molar-refractivity contribution in [2.45, 2.75) is 33.3 Å². The van der Waals surface area contributed by atoms with Crippen LogP contribution in [-0.4, -0.2) is 22.4 Å². The predicted molar refractivity (Wildman–Crippen MR) is 94.9 cm³/mol. The first-order valence-electron chi connectivity index (χ1n) is 7.88. The number of aliphatic imine (C=N–C) groups is 1. The summed E-state index contributed by atoms with van der Waals surface area (Å²) in [4.78, 5) is 21.1. The zero-order valence-electron chi connectivity index (χ0n) is 14.1. The number of alkyl carbamates (subject to hydrolysis) is 1. The summed E-state index contributed by atoms with van der Waals surface area (Å²) < 4.78 is 5.36. The summed E-state index contributed by atoms with van der Waals surface area (Å²) >= 11 is 6.07. The van der Waals surface area contributed by atoms with E-state index in [0.29, 0.717) is 16.5 Å². The number of ether oxygens (including phenoxy) is 1. The van der Waals surface area contributed by atoms with Crippen molar-refractivity contribution in [2.24, 2.45) is 16.8 Å². The average molecular weight is 346 g/mol. The summed E-state index contributed by atoms with van der Waals surface area (Å²) in [5, 5.41) is 3.24. The van der Waals surface area contributed by atoms with Crippen molar-refractivity contribution in [1.29, 1.82) is 0 Å². The Bertz CT molecular complexity index is 775. The summed E-state index contributed by atoms with van der Waals surface area (Å²) in [5.41, 5.74) is 2.49. The molecule has 2 aliphatic rings. The van der Waals surface area contributed by atoms with Crippen LogP contribution in [0.15, 0.2) is 35.5 Å². The second kappa shape index (κ2) is 6.06. The molecule has 6 heteroatoms. The molecular weight excluding hydrogens is 326 g/mol. The van der Waals surface area contributed by atoms with Crippen LogP contribution in [0.25, 0.3) is 5.70 Å². The molecule has 0 bridgehead atoms. The van der Waals surface area contributed by atoms with Gasteiger partial charge in [-0.05, 0) is 38.8 Å². The van der Waals surface area contributed by atoms with Crippen molar-refractivity contribution in [3.05, 3.63) is 46.9 Å². The summed E-state index contributed by atoms with van der Waals surface area (Å²) in [6, 6.07) is 3.55. The molecule has 3 rings (SSSR count). The SMILES string of the molecule is CC1C=CN=C2c3nc(Cl)ccc3C(NC(=O)OC(C)(C)C)=CC21. The molecule has 1 aliphatic carbocycles. The van der Waals surface area contributed by atoms with Gasteiger partial charge >= 0.3 is 6.09 Å². The fourth-order valence-corrected chi connectivity index (χ4v) is 2.95. The smallest absolute Gasteiger partial charge is 0.412 e. The monoisotopic (exact) mass is 345 g/mol. The Morgan fingerprint density at radius 3 is 2.79 bits per heavy atom. The maximum Gasteiger partial charge on any atom is 0.412 e. The van der Waals surface area contributed by atoms with Crippen LogP contribution < -0.4 is 5.32 Å². The van der Waals surface area contributed by atoms with E-state index in [1.807, 2.05) is 39.0 Å². The van der Waals surface area contributed by atoms with Crippen molar-refractivity contribution in [3.63, 3.8) is 0 Å². The van der Waals surface area contributed by atoms with E-state index in [2.05, 4.69) is 22.2 Å². The molecule has 1 N–H and O–H groups in total. The Morgan fingerprint density at radius 2 is 2.08 bits per heavy atom. The van der Waals surface area contributed by atoms with Gasteiger partial charge in [0, 0.05) is 17.7 Å². The van der Waals surface area contributed by atoms with E-state index >= 15 is 0 Å². The number of aromatic nitrogens is 1. The number of rotatable bonds is 1. The lowest BCUT2D eigenvalue weighted by atomic mass is 9.80. The molecule has 0 aromatic carbocycles. The van der Waals surface area contributed by atoms with Crippen LogP contribution in [0.4, 0.5) is 4.79 Å². The molecule has 2 heterocycles. The van der Waals surface area contributed by atoms with Crippen LogP contribution in [-0.2, 0) is 4.74 Å². The molecule has 0 saturated carbocycles. The highest BCUT2D eigenvalue weighted by atomic mass is 35.5. The van der Waals surface area contributed by atoms with Crippen LogP contribution in [0, 0.1) is 11.8 Å². The maximum absolute atomic E-state index is 12.2. The van der Waals surface area contributed by atoms with Crippen LogP contribution in [0.1, 0.15) is 39.0 Å². The highest BCUT2D eigenvalue weighted by Gasteiger charge is 2.32. The molecule has 126 valence electrons. The molecule has 5 nitrogen and oxygen atoms in total. The molecule has 1 aromatic rings. The molecule has 0 fully saturated rings. The largest absolute Gasteiger partial charge is 0.444 e. The number of allylic oxidation sites excluding steroid dienone is 2. The summed E-state index contributed by atoms with van der Waals surface area (Å²) in [6.07, 6.45) is 5.34. The first-order chi connectivity index (χ1) is 11.2. The number of hydrogen-bond acceptors (Lipinski definition) is 4. The average Bonchev–Trinajstić information content (AvgIpc) is 2.46. The van der Waals surface area contributed by atoms with Gasteiger partial charge in [0.2, 0.25) is 0 Å². The first kappa shape index (κ1) is 16.7. The Hall–Kier alpha value is -2.14. The normalized spacial score (nSPS) is 22.0. The molecular formula is C18H20ClN3O2. The number of hydrogen-bond donors (Lipinski definition) is 1. The molecule has 24 heavy (non-hydrogen) atoms. The van der Waals surface area contributed by atoms with Gasteiger partial charge in [-0.2, -0.15) is 0 Å². The molecule has 0 radical (unpaired) electrons. The Morgan fingerprint density at radius 1 is 1.33 bits per heavy atom. The van der Waals surface area contributed by atoms with Crippen LogP contribution in [0.5, 0.6) is 0 Å². The topological polar surface area (TPSA) is 63.6 Å².